The molecule has 21 heavy (non-hydrogen) atoms. The Morgan fingerprint density at radius 1 is 1.19 bits per heavy atom. The van der Waals surface area contributed by atoms with Crippen LogP contribution in [0.1, 0.15) is 12.5 Å². The highest BCUT2D eigenvalue weighted by molar-refractivity contribution is 5.80. The first-order valence-corrected chi connectivity index (χ1v) is 6.77. The van der Waals surface area contributed by atoms with Crippen molar-refractivity contribution in [1.29, 1.82) is 0 Å². The average Bonchev–Trinajstić information content (AvgIpc) is 2.45. The second kappa shape index (κ2) is 8.97. The summed E-state index contributed by atoms with van der Waals surface area (Å²) in [5.41, 5.74) is 0.883. The number of carbonyl (C=O) groups is 2. The molecule has 0 unspecified atom stereocenters. The SMILES string of the molecule is C[C@H](NC(=O)OCc1ccccc1)C(=O)OCCN(C)C. The third-order valence-corrected chi connectivity index (χ3v) is 2.68. The van der Waals surface area contributed by atoms with Crippen molar-refractivity contribution >= 4 is 12.1 Å². The molecule has 6 heteroatoms. The highest BCUT2D eigenvalue weighted by Gasteiger charge is 2.17. The number of nitrogens with one attached hydrogen (secondary N) is 1. The zero-order chi connectivity index (χ0) is 15.7. The lowest BCUT2D eigenvalue weighted by Crippen LogP contribution is -2.40. The zero-order valence-electron chi connectivity index (χ0n) is 12.7. The summed E-state index contributed by atoms with van der Waals surface area (Å²) in [6.07, 6.45) is -0.643. The first-order chi connectivity index (χ1) is 9.99. The van der Waals surface area contributed by atoms with Crippen LogP contribution in [0.5, 0.6) is 0 Å². The molecule has 0 aliphatic carbocycles. The van der Waals surface area contributed by atoms with Crippen LogP contribution in [-0.2, 0) is 20.9 Å². The van der Waals surface area contributed by atoms with E-state index in [9.17, 15) is 9.59 Å². The molecular formula is C15H22N2O4. The molecular weight excluding hydrogens is 272 g/mol. The lowest BCUT2D eigenvalue weighted by molar-refractivity contribution is -0.145. The van der Waals surface area contributed by atoms with Gasteiger partial charge in [-0.2, -0.15) is 0 Å². The van der Waals surface area contributed by atoms with Crippen molar-refractivity contribution in [1.82, 2.24) is 10.2 Å². The summed E-state index contributed by atoms with van der Waals surface area (Å²) in [6.45, 7) is 2.64. The molecule has 1 amide bonds. The van der Waals surface area contributed by atoms with Gasteiger partial charge >= 0.3 is 12.1 Å². The molecule has 0 heterocycles. The Kier molecular flexibility index (Phi) is 7.25. The largest absolute Gasteiger partial charge is 0.463 e. The van der Waals surface area contributed by atoms with Crippen LogP contribution in [0.3, 0.4) is 0 Å². The van der Waals surface area contributed by atoms with E-state index in [1.165, 1.54) is 0 Å². The Balaban J connectivity index is 2.25. The molecule has 0 saturated heterocycles. The Hall–Kier alpha value is -2.08. The van der Waals surface area contributed by atoms with Crippen molar-refractivity contribution in [2.24, 2.45) is 0 Å². The van der Waals surface area contributed by atoms with Crippen LogP contribution in [0.4, 0.5) is 4.79 Å². The third-order valence-electron chi connectivity index (χ3n) is 2.68. The minimum absolute atomic E-state index is 0.162. The molecule has 6 nitrogen and oxygen atoms in total. The molecule has 116 valence electrons. The van der Waals surface area contributed by atoms with Crippen LogP contribution in [-0.4, -0.2) is 50.3 Å². The summed E-state index contributed by atoms with van der Waals surface area (Å²) < 4.78 is 10.1. The molecule has 1 atom stereocenters. The Labute approximate surface area is 125 Å². The van der Waals surface area contributed by atoms with Crippen molar-refractivity contribution in [2.75, 3.05) is 27.2 Å². The lowest BCUT2D eigenvalue weighted by Gasteiger charge is -2.15. The normalized spacial score (nSPS) is 11.8. The molecule has 1 rings (SSSR count). The Morgan fingerprint density at radius 2 is 1.86 bits per heavy atom. The highest BCUT2D eigenvalue weighted by Crippen LogP contribution is 2.01. The molecule has 0 fully saturated rings. The number of amides is 1. The van der Waals surface area contributed by atoms with Crippen LogP contribution in [0, 0.1) is 0 Å². The van der Waals surface area contributed by atoms with Gasteiger partial charge in [-0.15, -0.1) is 0 Å². The Bertz CT molecular complexity index is 448. The van der Waals surface area contributed by atoms with E-state index < -0.39 is 18.1 Å². The lowest BCUT2D eigenvalue weighted by atomic mass is 10.2. The number of ether oxygens (including phenoxy) is 2. The monoisotopic (exact) mass is 294 g/mol. The van der Waals surface area contributed by atoms with Gasteiger partial charge in [0.1, 0.15) is 19.3 Å². The van der Waals surface area contributed by atoms with Gasteiger partial charge in [-0.3, -0.25) is 0 Å². The smallest absolute Gasteiger partial charge is 0.408 e. The minimum Gasteiger partial charge on any atom is -0.463 e. The van der Waals surface area contributed by atoms with Gasteiger partial charge < -0.3 is 19.7 Å². The van der Waals surface area contributed by atoms with Crippen molar-refractivity contribution < 1.29 is 19.1 Å². The van der Waals surface area contributed by atoms with Crippen molar-refractivity contribution in [3.63, 3.8) is 0 Å². The molecule has 0 spiro atoms. The highest BCUT2D eigenvalue weighted by atomic mass is 16.6. The van der Waals surface area contributed by atoms with E-state index in [1.54, 1.807) is 6.92 Å². The molecule has 0 aromatic heterocycles. The molecule has 0 bridgehead atoms. The molecule has 0 aliphatic heterocycles. The number of nitrogens with zero attached hydrogens (tertiary/aromatic N) is 1. The maximum absolute atomic E-state index is 11.6. The summed E-state index contributed by atoms with van der Waals surface area (Å²) in [5, 5.41) is 2.44. The van der Waals surface area contributed by atoms with Gasteiger partial charge in [-0.25, -0.2) is 9.59 Å². The van der Waals surface area contributed by atoms with Crippen LogP contribution in [0.15, 0.2) is 30.3 Å². The van der Waals surface area contributed by atoms with E-state index >= 15 is 0 Å². The van der Waals surface area contributed by atoms with Gasteiger partial charge in [0.15, 0.2) is 0 Å². The molecule has 0 aliphatic rings. The third kappa shape index (κ3) is 7.31. The fraction of sp³-hybridized carbons (Fsp3) is 0.467. The van der Waals surface area contributed by atoms with Gasteiger partial charge in [0.05, 0.1) is 0 Å². The van der Waals surface area contributed by atoms with Crippen LogP contribution in [0.25, 0.3) is 0 Å². The van der Waals surface area contributed by atoms with Gasteiger partial charge in [-0.05, 0) is 26.6 Å². The number of hydrogen-bond donors (Lipinski definition) is 1. The average molecular weight is 294 g/mol. The number of esters is 1. The van der Waals surface area contributed by atoms with Crippen LogP contribution in [0.2, 0.25) is 0 Å². The Morgan fingerprint density at radius 3 is 2.48 bits per heavy atom. The molecule has 1 N–H and O–H groups in total. The van der Waals surface area contributed by atoms with E-state index in [0.717, 1.165) is 5.56 Å². The van der Waals surface area contributed by atoms with E-state index in [-0.39, 0.29) is 13.2 Å². The van der Waals surface area contributed by atoms with E-state index in [2.05, 4.69) is 5.32 Å². The second-order valence-corrected chi connectivity index (χ2v) is 4.90. The molecule has 1 aromatic carbocycles. The second-order valence-electron chi connectivity index (χ2n) is 4.90. The predicted molar refractivity (Wildman–Crippen MR) is 78.7 cm³/mol. The number of carbonyl (C=O) groups excluding carboxylic acids is 2. The minimum atomic E-state index is -0.740. The van der Waals surface area contributed by atoms with Gasteiger partial charge in [-0.1, -0.05) is 30.3 Å². The first-order valence-electron chi connectivity index (χ1n) is 6.77. The van der Waals surface area contributed by atoms with Crippen molar-refractivity contribution in [3.8, 4) is 0 Å². The fourth-order valence-electron chi connectivity index (χ4n) is 1.45. The summed E-state index contributed by atoms with van der Waals surface area (Å²) in [6, 6.07) is 8.58. The molecule has 0 saturated carbocycles. The van der Waals surface area contributed by atoms with Crippen LogP contribution < -0.4 is 5.32 Å². The molecule has 1 aromatic rings. The first kappa shape index (κ1) is 17.0. The van der Waals surface area contributed by atoms with Crippen molar-refractivity contribution in [2.45, 2.75) is 19.6 Å². The summed E-state index contributed by atoms with van der Waals surface area (Å²) in [7, 11) is 3.77. The van der Waals surface area contributed by atoms with E-state index in [0.29, 0.717) is 6.54 Å². The van der Waals surface area contributed by atoms with Crippen molar-refractivity contribution in [3.05, 3.63) is 35.9 Å². The van der Waals surface area contributed by atoms with Crippen LogP contribution >= 0.6 is 0 Å². The zero-order valence-corrected chi connectivity index (χ0v) is 12.7. The number of rotatable bonds is 7. The van der Waals surface area contributed by atoms with Gasteiger partial charge in [0, 0.05) is 6.54 Å². The standard InChI is InChI=1S/C15H22N2O4/c1-12(14(18)20-10-9-17(2)3)16-15(19)21-11-13-7-5-4-6-8-13/h4-8,12H,9-11H2,1-3H3,(H,16,19)/t12-/m0/s1. The number of alkyl carbamates (subject to hydrolysis) is 1. The molecule has 0 radical (unpaired) electrons. The van der Waals surface area contributed by atoms with Gasteiger partial charge in [0.25, 0.3) is 0 Å². The predicted octanol–water partition coefficient (Wildman–Crippen LogP) is 1.41. The van der Waals surface area contributed by atoms with E-state index in [4.69, 9.17) is 9.47 Å². The maximum Gasteiger partial charge on any atom is 0.408 e. The van der Waals surface area contributed by atoms with E-state index in [1.807, 2.05) is 49.3 Å². The number of benzene rings is 1. The summed E-state index contributed by atoms with van der Waals surface area (Å²) in [4.78, 5) is 25.1. The maximum atomic E-state index is 11.6. The fourth-order valence-corrected chi connectivity index (χ4v) is 1.45. The summed E-state index contributed by atoms with van der Waals surface area (Å²) >= 11 is 0. The quantitative estimate of drug-likeness (QED) is 0.770. The number of hydrogen-bond acceptors (Lipinski definition) is 5. The summed E-state index contributed by atoms with van der Waals surface area (Å²) in [5.74, 6) is -0.478. The number of likely N-dealkylation sites (N-methyl/N-ethyl adjacent to an activating group) is 1. The topological polar surface area (TPSA) is 67.9 Å². The van der Waals surface area contributed by atoms with Gasteiger partial charge in [0.2, 0.25) is 0 Å².